The standard InChI is InChI=1S/C29H24Cl2F2N8O3/c1-35-12-17-8-20(5-6-22(17)34)36-29(44)25(9-16-2-4-19(32)11-21(16)33)40-15-27(42)39(14-28(40)43)24-10-18(30)3-7-23(24)41-13-26(31)37-38-41/h2-8,10-13,25H,9,14-15,34H2,1H3,(H,36,44). The highest BCUT2D eigenvalue weighted by molar-refractivity contribution is 6.31. The third kappa shape index (κ3) is 6.53. The van der Waals surface area contributed by atoms with Crippen molar-refractivity contribution in [3.63, 3.8) is 0 Å². The molecule has 0 bridgehead atoms. The van der Waals surface area contributed by atoms with Gasteiger partial charge in [0.15, 0.2) is 5.15 Å². The van der Waals surface area contributed by atoms with Gasteiger partial charge in [0.25, 0.3) is 0 Å². The van der Waals surface area contributed by atoms with Crippen molar-refractivity contribution in [1.29, 1.82) is 0 Å². The highest BCUT2D eigenvalue weighted by Crippen LogP contribution is 2.31. The lowest BCUT2D eigenvalue weighted by molar-refractivity contribution is -0.143. The van der Waals surface area contributed by atoms with E-state index in [2.05, 4.69) is 20.6 Å². The van der Waals surface area contributed by atoms with Gasteiger partial charge < -0.3 is 16.0 Å². The van der Waals surface area contributed by atoms with E-state index < -0.39 is 48.5 Å². The number of carbonyl (C=O) groups is 3. The van der Waals surface area contributed by atoms with Crippen LogP contribution in [0.2, 0.25) is 10.2 Å². The molecule has 0 saturated carbocycles. The molecule has 0 spiro atoms. The monoisotopic (exact) mass is 640 g/mol. The topological polar surface area (TPSA) is 139 Å². The molecule has 2 heterocycles. The van der Waals surface area contributed by atoms with Crippen molar-refractivity contribution in [2.75, 3.05) is 36.1 Å². The summed E-state index contributed by atoms with van der Waals surface area (Å²) in [5, 5.41) is 10.8. The lowest BCUT2D eigenvalue weighted by Gasteiger charge is -2.38. The number of rotatable bonds is 8. The first-order valence-electron chi connectivity index (χ1n) is 13.1. The molecule has 4 aromatic rings. The molecule has 11 nitrogen and oxygen atoms in total. The van der Waals surface area contributed by atoms with Gasteiger partial charge in [-0.05, 0) is 48.0 Å². The maximum Gasteiger partial charge on any atom is 0.247 e. The molecular formula is C29H24Cl2F2N8O3. The largest absolute Gasteiger partial charge is 0.398 e. The van der Waals surface area contributed by atoms with Crippen LogP contribution in [0.15, 0.2) is 65.8 Å². The van der Waals surface area contributed by atoms with Crippen LogP contribution in [-0.4, -0.2) is 70.0 Å². The lowest BCUT2D eigenvalue weighted by Crippen LogP contribution is -2.60. The Bertz CT molecular complexity index is 1800. The second-order valence-corrected chi connectivity index (χ2v) is 10.6. The van der Waals surface area contributed by atoms with E-state index in [1.807, 2.05) is 0 Å². The zero-order valence-electron chi connectivity index (χ0n) is 23.0. The number of nitrogen functional groups attached to an aromatic ring is 1. The molecule has 3 amide bonds. The first kappa shape index (κ1) is 30.6. The summed E-state index contributed by atoms with van der Waals surface area (Å²) < 4.78 is 29.7. The number of nitrogens with two attached hydrogens (primary N) is 1. The van der Waals surface area contributed by atoms with Crippen LogP contribution in [0.5, 0.6) is 0 Å². The molecule has 1 aliphatic heterocycles. The maximum absolute atomic E-state index is 14.7. The molecule has 3 N–H and O–H groups in total. The molecule has 1 saturated heterocycles. The summed E-state index contributed by atoms with van der Waals surface area (Å²) in [5.74, 6) is -3.56. The molecule has 44 heavy (non-hydrogen) atoms. The molecule has 1 aliphatic rings. The normalized spacial score (nSPS) is 14.4. The van der Waals surface area contributed by atoms with E-state index in [-0.39, 0.29) is 27.8 Å². The fourth-order valence-electron chi connectivity index (χ4n) is 4.77. The SMILES string of the molecule is CN=Cc1cc(NC(=O)C(Cc2ccc(F)cc2F)N2CC(=O)N(c3cc(Cl)ccc3-n3cc(Cl)nn3)CC2=O)ccc1N. The van der Waals surface area contributed by atoms with Crippen molar-refractivity contribution in [3.05, 3.63) is 93.7 Å². The Hall–Kier alpha value is -4.88. The Kier molecular flexibility index (Phi) is 8.88. The number of amides is 3. The summed E-state index contributed by atoms with van der Waals surface area (Å²) in [6, 6.07) is 10.9. The quantitative estimate of drug-likeness (QED) is 0.221. The van der Waals surface area contributed by atoms with Gasteiger partial charge in [0.1, 0.15) is 30.8 Å². The third-order valence-electron chi connectivity index (χ3n) is 6.89. The summed E-state index contributed by atoms with van der Waals surface area (Å²) >= 11 is 12.2. The number of anilines is 3. The van der Waals surface area contributed by atoms with Gasteiger partial charge in [-0.15, -0.1) is 5.10 Å². The molecule has 1 aromatic heterocycles. The molecule has 0 aliphatic carbocycles. The molecule has 0 radical (unpaired) electrons. The molecule has 1 fully saturated rings. The summed E-state index contributed by atoms with van der Waals surface area (Å²) in [6.45, 7) is -0.997. The van der Waals surface area contributed by atoms with Gasteiger partial charge in [-0.1, -0.05) is 34.5 Å². The zero-order valence-corrected chi connectivity index (χ0v) is 24.6. The summed E-state index contributed by atoms with van der Waals surface area (Å²) in [5.41, 5.74) is 7.87. The second-order valence-electron chi connectivity index (χ2n) is 9.80. The molecule has 5 rings (SSSR count). The van der Waals surface area contributed by atoms with Crippen LogP contribution in [0, 0.1) is 11.6 Å². The van der Waals surface area contributed by atoms with Crippen molar-refractivity contribution in [1.82, 2.24) is 19.9 Å². The molecule has 226 valence electrons. The maximum atomic E-state index is 14.7. The van der Waals surface area contributed by atoms with Gasteiger partial charge in [0.05, 0.1) is 17.6 Å². The smallest absolute Gasteiger partial charge is 0.247 e. The summed E-state index contributed by atoms with van der Waals surface area (Å²) in [7, 11) is 1.56. The zero-order chi connectivity index (χ0) is 31.5. The van der Waals surface area contributed by atoms with Crippen molar-refractivity contribution in [3.8, 4) is 5.69 Å². The van der Waals surface area contributed by atoms with Gasteiger partial charge in [0.2, 0.25) is 17.7 Å². The van der Waals surface area contributed by atoms with Crippen molar-refractivity contribution >= 4 is 64.2 Å². The summed E-state index contributed by atoms with van der Waals surface area (Å²) in [6.07, 6.45) is 2.59. The molecule has 1 atom stereocenters. The molecule has 3 aromatic carbocycles. The fourth-order valence-corrected chi connectivity index (χ4v) is 5.07. The number of aliphatic imine (C=N–C) groups is 1. The van der Waals surface area contributed by atoms with Gasteiger partial charge >= 0.3 is 0 Å². The van der Waals surface area contributed by atoms with Crippen LogP contribution in [0.25, 0.3) is 5.69 Å². The number of hydrogen-bond donors (Lipinski definition) is 2. The minimum absolute atomic E-state index is 0.0227. The van der Waals surface area contributed by atoms with Crippen LogP contribution < -0.4 is 16.0 Å². The Morgan fingerprint density at radius 3 is 2.57 bits per heavy atom. The highest BCUT2D eigenvalue weighted by atomic mass is 35.5. The Balaban J connectivity index is 1.47. The average molecular weight is 641 g/mol. The number of aromatic nitrogens is 3. The average Bonchev–Trinajstić information content (AvgIpc) is 3.41. The third-order valence-corrected chi connectivity index (χ3v) is 7.30. The van der Waals surface area contributed by atoms with Crippen LogP contribution in [-0.2, 0) is 20.8 Å². The number of halogens is 4. The first-order valence-corrected chi connectivity index (χ1v) is 13.8. The van der Waals surface area contributed by atoms with Gasteiger partial charge in [-0.25, -0.2) is 13.5 Å². The van der Waals surface area contributed by atoms with E-state index in [0.29, 0.717) is 28.7 Å². The summed E-state index contributed by atoms with van der Waals surface area (Å²) in [4.78, 5) is 47.2. The van der Waals surface area contributed by atoms with E-state index in [0.717, 1.165) is 11.0 Å². The van der Waals surface area contributed by atoms with E-state index in [1.54, 1.807) is 37.4 Å². The predicted molar refractivity (Wildman–Crippen MR) is 162 cm³/mol. The molecule has 15 heteroatoms. The van der Waals surface area contributed by atoms with Gasteiger partial charge in [0, 0.05) is 47.7 Å². The number of piperazine rings is 1. The minimum atomic E-state index is -1.35. The lowest BCUT2D eigenvalue weighted by atomic mass is 10.0. The molecule has 1 unspecified atom stereocenters. The van der Waals surface area contributed by atoms with Crippen LogP contribution >= 0.6 is 23.2 Å². The first-order chi connectivity index (χ1) is 21.0. The van der Waals surface area contributed by atoms with Gasteiger partial charge in [-0.3, -0.25) is 24.3 Å². The highest BCUT2D eigenvalue weighted by Gasteiger charge is 2.39. The molecular weight excluding hydrogens is 617 g/mol. The van der Waals surface area contributed by atoms with Crippen molar-refractivity contribution < 1.29 is 23.2 Å². The van der Waals surface area contributed by atoms with E-state index in [9.17, 15) is 23.2 Å². The van der Waals surface area contributed by atoms with E-state index in [1.165, 1.54) is 34.1 Å². The van der Waals surface area contributed by atoms with Gasteiger partial charge in [-0.2, -0.15) is 0 Å². The van der Waals surface area contributed by atoms with Crippen molar-refractivity contribution in [2.45, 2.75) is 12.5 Å². The number of benzene rings is 3. The Morgan fingerprint density at radius 2 is 1.86 bits per heavy atom. The fraction of sp³-hybridized carbons (Fsp3) is 0.172. The number of nitrogens with one attached hydrogen (secondary N) is 1. The number of nitrogens with zero attached hydrogens (tertiary/aromatic N) is 6. The van der Waals surface area contributed by atoms with E-state index in [4.69, 9.17) is 28.9 Å². The van der Waals surface area contributed by atoms with Crippen LogP contribution in [0.1, 0.15) is 11.1 Å². The van der Waals surface area contributed by atoms with Crippen molar-refractivity contribution in [2.24, 2.45) is 4.99 Å². The van der Waals surface area contributed by atoms with Crippen LogP contribution in [0.3, 0.4) is 0 Å². The van der Waals surface area contributed by atoms with E-state index >= 15 is 0 Å². The Morgan fingerprint density at radius 1 is 1.07 bits per heavy atom. The number of carbonyl (C=O) groups excluding carboxylic acids is 3. The Labute approximate surface area is 259 Å². The second kappa shape index (κ2) is 12.8. The minimum Gasteiger partial charge on any atom is -0.398 e. The van der Waals surface area contributed by atoms with Crippen LogP contribution in [0.4, 0.5) is 25.8 Å². The predicted octanol–water partition coefficient (Wildman–Crippen LogP) is 3.91. The number of hydrogen-bond acceptors (Lipinski definition) is 7.